The number of rotatable bonds is 13. The summed E-state index contributed by atoms with van der Waals surface area (Å²) < 4.78 is 40.6. The second kappa shape index (κ2) is 14.4. The zero-order valence-electron chi connectivity index (χ0n) is 24.3. The molecule has 0 bridgehead atoms. The van der Waals surface area contributed by atoms with Crippen molar-refractivity contribution < 1.29 is 22.4 Å². The van der Waals surface area contributed by atoms with Gasteiger partial charge in [0.1, 0.15) is 11.9 Å². The van der Waals surface area contributed by atoms with Gasteiger partial charge < -0.3 is 10.2 Å². The van der Waals surface area contributed by atoms with Crippen LogP contribution in [0.15, 0.2) is 78.9 Å². The summed E-state index contributed by atoms with van der Waals surface area (Å²) in [7, 11) is -3.79. The highest BCUT2D eigenvalue weighted by Gasteiger charge is 2.32. The molecule has 1 atom stereocenters. The van der Waals surface area contributed by atoms with Crippen molar-refractivity contribution in [3.63, 3.8) is 0 Å². The number of hydrogen-bond acceptors (Lipinski definition) is 4. The zero-order valence-corrected chi connectivity index (χ0v) is 25.2. The Morgan fingerprint density at radius 1 is 0.929 bits per heavy atom. The maximum Gasteiger partial charge on any atom is 0.243 e. The summed E-state index contributed by atoms with van der Waals surface area (Å²) in [4.78, 5) is 29.3. The molecule has 0 unspecified atom stereocenters. The van der Waals surface area contributed by atoms with Crippen molar-refractivity contribution in [2.45, 2.75) is 70.5 Å². The SMILES string of the molecule is Cc1ccc(CN(C(=O)CCCN(c2ccccc2F)S(C)(=O)=O)[C@H](Cc2ccccc2)C(=O)NC2CCCC2)cc1. The molecule has 1 aliphatic carbocycles. The Morgan fingerprint density at radius 3 is 2.21 bits per heavy atom. The van der Waals surface area contributed by atoms with E-state index in [0.717, 1.165) is 52.9 Å². The Morgan fingerprint density at radius 2 is 1.57 bits per heavy atom. The van der Waals surface area contributed by atoms with Gasteiger partial charge in [-0.1, -0.05) is 85.1 Å². The second-order valence-electron chi connectivity index (χ2n) is 11.1. The van der Waals surface area contributed by atoms with Gasteiger partial charge in [-0.2, -0.15) is 0 Å². The van der Waals surface area contributed by atoms with Crippen molar-refractivity contribution in [2.24, 2.45) is 0 Å². The largest absolute Gasteiger partial charge is 0.352 e. The third-order valence-electron chi connectivity index (χ3n) is 7.72. The Kier molecular flexibility index (Phi) is 10.7. The van der Waals surface area contributed by atoms with Crippen LogP contribution < -0.4 is 9.62 Å². The molecule has 0 saturated heterocycles. The van der Waals surface area contributed by atoms with Crippen molar-refractivity contribution in [1.29, 1.82) is 0 Å². The summed E-state index contributed by atoms with van der Waals surface area (Å²) in [6, 6.07) is 22.5. The van der Waals surface area contributed by atoms with Gasteiger partial charge >= 0.3 is 0 Å². The minimum absolute atomic E-state index is 0.00562. The molecule has 1 fully saturated rings. The number of nitrogens with one attached hydrogen (secondary N) is 1. The van der Waals surface area contributed by atoms with Crippen LogP contribution in [-0.2, 0) is 32.6 Å². The predicted octanol–water partition coefficient (Wildman–Crippen LogP) is 5.38. The molecule has 0 radical (unpaired) electrons. The van der Waals surface area contributed by atoms with E-state index < -0.39 is 21.9 Å². The number of benzene rings is 3. The lowest BCUT2D eigenvalue weighted by atomic mass is 10.0. The van der Waals surface area contributed by atoms with Crippen LogP contribution >= 0.6 is 0 Å². The van der Waals surface area contributed by atoms with Crippen molar-refractivity contribution in [3.05, 3.63) is 101 Å². The molecule has 1 N–H and O–H groups in total. The molecule has 9 heteroatoms. The summed E-state index contributed by atoms with van der Waals surface area (Å²) in [6.07, 6.45) is 5.51. The van der Waals surface area contributed by atoms with Crippen LogP contribution in [0.3, 0.4) is 0 Å². The summed E-state index contributed by atoms with van der Waals surface area (Å²) >= 11 is 0. The van der Waals surface area contributed by atoms with Crippen LogP contribution in [0.2, 0.25) is 0 Å². The summed E-state index contributed by atoms with van der Waals surface area (Å²) in [5.74, 6) is -1.10. The van der Waals surface area contributed by atoms with Crippen LogP contribution in [-0.4, -0.2) is 50.0 Å². The molecular formula is C33H40FN3O4S. The minimum atomic E-state index is -3.79. The van der Waals surface area contributed by atoms with Gasteiger partial charge in [-0.25, -0.2) is 12.8 Å². The highest BCUT2D eigenvalue weighted by Crippen LogP contribution is 2.23. The van der Waals surface area contributed by atoms with Crippen molar-refractivity contribution in [3.8, 4) is 0 Å². The molecule has 0 heterocycles. The first-order chi connectivity index (χ1) is 20.1. The first-order valence-corrected chi connectivity index (χ1v) is 16.4. The molecule has 224 valence electrons. The van der Waals surface area contributed by atoms with Gasteiger partial charge in [0, 0.05) is 32.0 Å². The summed E-state index contributed by atoms with van der Waals surface area (Å²) in [5.41, 5.74) is 2.87. The van der Waals surface area contributed by atoms with Crippen molar-refractivity contribution in [1.82, 2.24) is 10.2 Å². The number of sulfonamides is 1. The van der Waals surface area contributed by atoms with Crippen LogP contribution in [0, 0.1) is 12.7 Å². The van der Waals surface area contributed by atoms with Crippen molar-refractivity contribution in [2.75, 3.05) is 17.1 Å². The molecular weight excluding hydrogens is 553 g/mol. The quantitative estimate of drug-likeness (QED) is 0.288. The van der Waals surface area contributed by atoms with Gasteiger partial charge in [-0.15, -0.1) is 0 Å². The van der Waals surface area contributed by atoms with E-state index in [0.29, 0.717) is 6.42 Å². The molecule has 0 spiro atoms. The van der Waals surface area contributed by atoms with E-state index >= 15 is 0 Å². The third-order valence-corrected chi connectivity index (χ3v) is 8.90. The molecule has 3 aromatic rings. The van der Waals surface area contributed by atoms with Crippen LogP contribution in [0.4, 0.5) is 10.1 Å². The monoisotopic (exact) mass is 593 g/mol. The minimum Gasteiger partial charge on any atom is -0.352 e. The average molecular weight is 594 g/mol. The highest BCUT2D eigenvalue weighted by molar-refractivity contribution is 7.92. The number of nitrogens with zero attached hydrogens (tertiary/aromatic N) is 2. The maximum atomic E-state index is 14.5. The van der Waals surface area contributed by atoms with E-state index in [1.807, 2.05) is 61.5 Å². The Hall–Kier alpha value is -3.72. The molecule has 42 heavy (non-hydrogen) atoms. The number of carbonyl (C=O) groups is 2. The van der Waals surface area contributed by atoms with E-state index in [1.165, 1.54) is 18.2 Å². The van der Waals surface area contributed by atoms with Gasteiger partial charge in [-0.3, -0.25) is 13.9 Å². The van der Waals surface area contributed by atoms with Gasteiger partial charge in [0.2, 0.25) is 21.8 Å². The number of amides is 2. The average Bonchev–Trinajstić information content (AvgIpc) is 3.47. The number of para-hydroxylation sites is 1. The maximum absolute atomic E-state index is 14.5. The van der Waals surface area contributed by atoms with Gasteiger partial charge in [0.25, 0.3) is 0 Å². The standard InChI is InChI=1S/C33H40FN3O4S/c1-25-18-20-27(21-19-25)24-36(31(23-26-11-4-3-5-12-26)33(39)35-28-13-6-7-14-28)32(38)17-10-22-37(42(2,40)41)30-16-9-8-15-29(30)34/h3-5,8-9,11-12,15-16,18-21,28,31H,6-7,10,13-14,17,22-24H2,1-2H3,(H,35,39)/t31-/m1/s1. The lowest BCUT2D eigenvalue weighted by Crippen LogP contribution is -2.52. The fourth-order valence-electron chi connectivity index (χ4n) is 5.45. The topological polar surface area (TPSA) is 86.8 Å². The molecule has 2 amide bonds. The van der Waals surface area contributed by atoms with Crippen molar-refractivity contribution >= 4 is 27.5 Å². The number of halogens is 1. The number of hydrogen-bond donors (Lipinski definition) is 1. The fraction of sp³-hybridized carbons (Fsp3) is 0.394. The molecule has 7 nitrogen and oxygen atoms in total. The lowest BCUT2D eigenvalue weighted by molar-refractivity contribution is -0.141. The molecule has 1 saturated carbocycles. The number of anilines is 1. The van der Waals surface area contributed by atoms with E-state index in [4.69, 9.17) is 0 Å². The van der Waals surface area contributed by atoms with E-state index in [2.05, 4.69) is 5.32 Å². The normalized spacial score (nSPS) is 14.4. The molecule has 1 aliphatic rings. The predicted molar refractivity (Wildman–Crippen MR) is 164 cm³/mol. The molecule has 0 aromatic heterocycles. The highest BCUT2D eigenvalue weighted by atomic mass is 32.2. The van der Waals surface area contributed by atoms with Crippen LogP contribution in [0.1, 0.15) is 55.2 Å². The molecule has 4 rings (SSSR count). The van der Waals surface area contributed by atoms with E-state index in [1.54, 1.807) is 11.0 Å². The lowest BCUT2D eigenvalue weighted by Gasteiger charge is -2.33. The van der Waals surface area contributed by atoms with Crippen LogP contribution in [0.25, 0.3) is 0 Å². The molecule has 0 aliphatic heterocycles. The van der Waals surface area contributed by atoms with E-state index in [-0.39, 0.29) is 49.5 Å². The number of carbonyl (C=O) groups excluding carboxylic acids is 2. The first kappa shape index (κ1) is 31.2. The summed E-state index contributed by atoms with van der Waals surface area (Å²) in [5, 5.41) is 3.19. The van der Waals surface area contributed by atoms with Gasteiger partial charge in [0.15, 0.2) is 0 Å². The third kappa shape index (κ3) is 8.64. The first-order valence-electron chi connectivity index (χ1n) is 14.5. The number of aryl methyl sites for hydroxylation is 1. The van der Waals surface area contributed by atoms with Gasteiger partial charge in [-0.05, 0) is 49.4 Å². The smallest absolute Gasteiger partial charge is 0.243 e. The fourth-order valence-corrected chi connectivity index (χ4v) is 6.41. The Labute approximate surface area is 248 Å². The van der Waals surface area contributed by atoms with Gasteiger partial charge in [0.05, 0.1) is 11.9 Å². The second-order valence-corrected chi connectivity index (χ2v) is 13.0. The Balaban J connectivity index is 1.59. The van der Waals surface area contributed by atoms with E-state index in [9.17, 15) is 22.4 Å². The Bertz CT molecular complexity index is 1440. The van der Waals surface area contributed by atoms with Crippen LogP contribution in [0.5, 0.6) is 0 Å². The molecule has 3 aromatic carbocycles. The zero-order chi connectivity index (χ0) is 30.1. The summed E-state index contributed by atoms with van der Waals surface area (Å²) in [6.45, 7) is 2.16.